The second kappa shape index (κ2) is 5.22. The van der Waals surface area contributed by atoms with E-state index in [-0.39, 0.29) is 0 Å². The Labute approximate surface area is 146 Å². The maximum absolute atomic E-state index is 2.59. The molecule has 0 aromatic heterocycles. The van der Waals surface area contributed by atoms with Crippen LogP contribution in [0.1, 0.15) is 68.6 Å². The SMILES string of the molecule is CCC(C)c1ccc2cc3c(cc2c1)C1(CCC3)CC2C=CC1C2. The van der Waals surface area contributed by atoms with Crippen molar-refractivity contribution in [1.82, 2.24) is 0 Å². The van der Waals surface area contributed by atoms with Crippen LogP contribution in [0.25, 0.3) is 10.8 Å². The summed E-state index contributed by atoms with van der Waals surface area (Å²) in [6.07, 6.45) is 13.1. The molecule has 0 amide bonds. The second-order valence-corrected chi connectivity index (χ2v) is 8.63. The van der Waals surface area contributed by atoms with Crippen LogP contribution >= 0.6 is 0 Å². The fourth-order valence-corrected chi connectivity index (χ4v) is 5.86. The van der Waals surface area contributed by atoms with Crippen LogP contribution in [0, 0.1) is 11.8 Å². The Kier molecular flexibility index (Phi) is 3.21. The summed E-state index contributed by atoms with van der Waals surface area (Å²) in [5, 5.41) is 2.91. The van der Waals surface area contributed by atoms with Gasteiger partial charge in [0.15, 0.2) is 0 Å². The summed E-state index contributed by atoms with van der Waals surface area (Å²) in [5.41, 5.74) is 5.32. The van der Waals surface area contributed by atoms with Crippen molar-refractivity contribution in [2.75, 3.05) is 0 Å². The molecule has 0 radical (unpaired) electrons. The summed E-state index contributed by atoms with van der Waals surface area (Å²) in [6.45, 7) is 4.64. The second-order valence-electron chi connectivity index (χ2n) is 8.63. The molecule has 3 aliphatic carbocycles. The Bertz CT molecular complexity index is 827. The molecule has 0 saturated heterocycles. The molecule has 3 aliphatic rings. The number of allylic oxidation sites excluding steroid dienone is 2. The highest BCUT2D eigenvalue weighted by atomic mass is 14.5. The predicted octanol–water partition coefficient (Wildman–Crippen LogP) is 6.52. The van der Waals surface area contributed by atoms with E-state index in [0.717, 1.165) is 11.8 Å². The van der Waals surface area contributed by atoms with E-state index >= 15 is 0 Å². The molecule has 0 heterocycles. The lowest BCUT2D eigenvalue weighted by Gasteiger charge is -2.41. The topological polar surface area (TPSA) is 0 Å². The van der Waals surface area contributed by atoms with Crippen molar-refractivity contribution in [3.05, 3.63) is 59.2 Å². The highest BCUT2D eigenvalue weighted by molar-refractivity contribution is 5.85. The summed E-state index contributed by atoms with van der Waals surface area (Å²) in [4.78, 5) is 0. The molecule has 0 nitrogen and oxygen atoms in total. The third-order valence-corrected chi connectivity index (χ3v) is 7.38. The highest BCUT2D eigenvalue weighted by Gasteiger charge is 2.50. The normalized spacial score (nSPS) is 31.8. The van der Waals surface area contributed by atoms with E-state index in [1.165, 1.54) is 54.9 Å². The minimum Gasteiger partial charge on any atom is -0.0851 e. The van der Waals surface area contributed by atoms with Crippen LogP contribution in [0.15, 0.2) is 42.5 Å². The summed E-state index contributed by atoms with van der Waals surface area (Å²) in [6, 6.07) is 12.3. The standard InChI is InChI=1S/C24H28/c1-3-16(2)18-7-8-19-13-20-5-4-10-24(23(20)14-21(19)12-18)15-17-6-9-22(24)11-17/h6-9,12-14,16-17,22H,3-5,10-11,15H2,1-2H3. The van der Waals surface area contributed by atoms with Crippen LogP contribution in [-0.4, -0.2) is 0 Å². The van der Waals surface area contributed by atoms with Gasteiger partial charge in [-0.1, -0.05) is 56.3 Å². The van der Waals surface area contributed by atoms with Crippen molar-refractivity contribution >= 4 is 10.8 Å². The molecule has 0 aliphatic heterocycles. The average molecular weight is 316 g/mol. The molecule has 4 atom stereocenters. The minimum absolute atomic E-state index is 0.466. The van der Waals surface area contributed by atoms with Crippen molar-refractivity contribution in [2.45, 2.75) is 63.7 Å². The monoisotopic (exact) mass is 316 g/mol. The first kappa shape index (κ1) is 14.8. The van der Waals surface area contributed by atoms with E-state index < -0.39 is 0 Å². The molecule has 0 heteroatoms. The zero-order valence-corrected chi connectivity index (χ0v) is 15.0. The van der Waals surface area contributed by atoms with Crippen LogP contribution in [0.5, 0.6) is 0 Å². The molecular weight excluding hydrogens is 288 g/mol. The number of fused-ring (bicyclic) bond motifs is 6. The van der Waals surface area contributed by atoms with E-state index in [4.69, 9.17) is 0 Å². The fourth-order valence-electron chi connectivity index (χ4n) is 5.86. The molecule has 124 valence electrons. The number of aryl methyl sites for hydroxylation is 1. The van der Waals surface area contributed by atoms with Crippen LogP contribution in [-0.2, 0) is 11.8 Å². The van der Waals surface area contributed by atoms with Gasteiger partial charge >= 0.3 is 0 Å². The van der Waals surface area contributed by atoms with Gasteiger partial charge in [0.2, 0.25) is 0 Å². The maximum Gasteiger partial charge on any atom is 0.00246 e. The van der Waals surface area contributed by atoms with Gasteiger partial charge in [0, 0.05) is 5.41 Å². The quantitative estimate of drug-likeness (QED) is 0.553. The number of hydrogen-bond acceptors (Lipinski definition) is 0. The molecule has 1 fully saturated rings. The van der Waals surface area contributed by atoms with Crippen LogP contribution in [0.3, 0.4) is 0 Å². The van der Waals surface area contributed by atoms with E-state index in [2.05, 4.69) is 56.3 Å². The fraction of sp³-hybridized carbons (Fsp3) is 0.500. The lowest BCUT2D eigenvalue weighted by Crippen LogP contribution is -2.35. The molecule has 2 bridgehead atoms. The molecule has 0 N–H and O–H groups in total. The lowest BCUT2D eigenvalue weighted by molar-refractivity contribution is 0.304. The summed E-state index contributed by atoms with van der Waals surface area (Å²) < 4.78 is 0. The molecule has 1 saturated carbocycles. The van der Waals surface area contributed by atoms with E-state index in [1.54, 1.807) is 11.1 Å². The number of rotatable bonds is 2. The minimum atomic E-state index is 0.466. The van der Waals surface area contributed by atoms with Gasteiger partial charge in [0.05, 0.1) is 0 Å². The van der Waals surface area contributed by atoms with Gasteiger partial charge in [0.1, 0.15) is 0 Å². The lowest BCUT2D eigenvalue weighted by atomic mass is 9.63. The molecule has 2 aromatic carbocycles. The molecule has 1 spiro atoms. The molecule has 4 unspecified atom stereocenters. The first-order chi connectivity index (χ1) is 11.7. The number of hydrogen-bond donors (Lipinski definition) is 0. The van der Waals surface area contributed by atoms with Crippen molar-refractivity contribution in [2.24, 2.45) is 11.8 Å². The first-order valence-electron chi connectivity index (χ1n) is 9.95. The first-order valence-corrected chi connectivity index (χ1v) is 9.95. The van der Waals surface area contributed by atoms with Gasteiger partial charge in [-0.3, -0.25) is 0 Å². The molecule has 24 heavy (non-hydrogen) atoms. The average Bonchev–Trinajstić information content (AvgIpc) is 3.21. The largest absolute Gasteiger partial charge is 0.0851 e. The summed E-state index contributed by atoms with van der Waals surface area (Å²) in [5.74, 6) is 2.31. The zero-order chi connectivity index (χ0) is 16.3. The Morgan fingerprint density at radius 1 is 1.12 bits per heavy atom. The van der Waals surface area contributed by atoms with E-state index in [1.807, 2.05) is 0 Å². The maximum atomic E-state index is 2.59. The predicted molar refractivity (Wildman–Crippen MR) is 103 cm³/mol. The van der Waals surface area contributed by atoms with Gasteiger partial charge in [-0.2, -0.15) is 0 Å². The number of benzene rings is 2. The van der Waals surface area contributed by atoms with Crippen LogP contribution < -0.4 is 0 Å². The zero-order valence-electron chi connectivity index (χ0n) is 15.0. The van der Waals surface area contributed by atoms with Crippen molar-refractivity contribution < 1.29 is 0 Å². The van der Waals surface area contributed by atoms with Gasteiger partial charge in [-0.05, 0) is 83.7 Å². The smallest absolute Gasteiger partial charge is 0.00246 e. The summed E-state index contributed by atoms with van der Waals surface area (Å²) >= 11 is 0. The van der Waals surface area contributed by atoms with Crippen molar-refractivity contribution in [3.8, 4) is 0 Å². The van der Waals surface area contributed by atoms with E-state index in [9.17, 15) is 0 Å². The Hall–Kier alpha value is -1.56. The van der Waals surface area contributed by atoms with Crippen LogP contribution in [0.4, 0.5) is 0 Å². The van der Waals surface area contributed by atoms with Crippen molar-refractivity contribution in [3.63, 3.8) is 0 Å². The van der Waals surface area contributed by atoms with Gasteiger partial charge in [0.25, 0.3) is 0 Å². The van der Waals surface area contributed by atoms with Crippen molar-refractivity contribution in [1.29, 1.82) is 0 Å². The van der Waals surface area contributed by atoms with Crippen LogP contribution in [0.2, 0.25) is 0 Å². The molecule has 2 aromatic rings. The van der Waals surface area contributed by atoms with Gasteiger partial charge < -0.3 is 0 Å². The van der Waals surface area contributed by atoms with E-state index in [0.29, 0.717) is 11.3 Å². The summed E-state index contributed by atoms with van der Waals surface area (Å²) in [7, 11) is 0. The third kappa shape index (κ3) is 1.98. The molecule has 5 rings (SSSR count). The highest BCUT2D eigenvalue weighted by Crippen LogP contribution is 2.58. The Morgan fingerprint density at radius 3 is 2.79 bits per heavy atom. The molecular formula is C24H28. The Morgan fingerprint density at radius 2 is 2.04 bits per heavy atom. The van der Waals surface area contributed by atoms with Gasteiger partial charge in [-0.25, -0.2) is 0 Å². The van der Waals surface area contributed by atoms with Gasteiger partial charge in [-0.15, -0.1) is 0 Å². The Balaban J connectivity index is 1.68. The third-order valence-electron chi connectivity index (χ3n) is 7.38.